The molecule has 0 spiro atoms. The van der Waals surface area contributed by atoms with Crippen LogP contribution in [0.5, 0.6) is 0 Å². The second-order valence-corrected chi connectivity index (χ2v) is 6.49. The normalized spacial score (nSPS) is 15.7. The van der Waals surface area contributed by atoms with Gasteiger partial charge in [0, 0.05) is 31.3 Å². The average molecular weight is 387 g/mol. The predicted molar refractivity (Wildman–Crippen MR) is 105 cm³/mol. The number of nitrogens with zero attached hydrogens (tertiary/aromatic N) is 4. The Kier molecular flexibility index (Phi) is 5.93. The van der Waals surface area contributed by atoms with E-state index in [1.165, 1.54) is 0 Å². The van der Waals surface area contributed by atoms with Crippen LogP contribution in [-0.2, 0) is 16.9 Å². The maximum Gasteiger partial charge on any atom is 0.248 e. The maximum absolute atomic E-state index is 13.2. The van der Waals surface area contributed by atoms with Crippen LogP contribution in [0, 0.1) is 0 Å². The van der Waals surface area contributed by atoms with E-state index in [2.05, 4.69) is 20.8 Å². The van der Waals surface area contributed by atoms with Gasteiger partial charge in [0.25, 0.3) is 0 Å². The molecular formula is C19H23ClN6O. The van der Waals surface area contributed by atoms with Crippen molar-refractivity contribution in [3.8, 4) is 5.69 Å². The summed E-state index contributed by atoms with van der Waals surface area (Å²) >= 11 is 0. The lowest BCUT2D eigenvalue weighted by atomic mass is 9.87. The summed E-state index contributed by atoms with van der Waals surface area (Å²) in [5.41, 5.74) is 1.36. The van der Waals surface area contributed by atoms with Crippen LogP contribution in [0.1, 0.15) is 18.4 Å². The Hall–Kier alpha value is -2.64. The van der Waals surface area contributed by atoms with E-state index in [-0.39, 0.29) is 18.3 Å². The van der Waals surface area contributed by atoms with Gasteiger partial charge in [0.05, 0.1) is 5.69 Å². The Bertz CT molecular complexity index is 856. The molecule has 3 aromatic rings. The number of aromatic nitrogens is 4. The molecule has 2 N–H and O–H groups in total. The fourth-order valence-corrected chi connectivity index (χ4v) is 3.56. The molecule has 7 nitrogen and oxygen atoms in total. The fraction of sp³-hybridized carbons (Fsp3) is 0.316. The highest BCUT2D eigenvalue weighted by Crippen LogP contribution is 2.27. The van der Waals surface area contributed by atoms with Crippen molar-refractivity contribution in [1.29, 1.82) is 0 Å². The molecule has 1 aliphatic rings. The predicted octanol–water partition coefficient (Wildman–Crippen LogP) is 1.89. The van der Waals surface area contributed by atoms with Gasteiger partial charge in [0.1, 0.15) is 5.54 Å². The second kappa shape index (κ2) is 8.37. The maximum atomic E-state index is 13.2. The molecule has 8 heteroatoms. The molecule has 1 aliphatic heterocycles. The Balaban J connectivity index is 0.00000210. The average Bonchev–Trinajstić information content (AvgIpc) is 3.41. The first-order valence-electron chi connectivity index (χ1n) is 8.87. The molecule has 27 heavy (non-hydrogen) atoms. The molecule has 142 valence electrons. The number of para-hydroxylation sites is 1. The number of hydrogen-bond acceptors (Lipinski definition) is 4. The van der Waals surface area contributed by atoms with Gasteiger partial charge in [-0.25, -0.2) is 4.68 Å². The SMILES string of the molecule is Cl.O=C(NCc1ccccc1-n1cccn1)C1(n2cccn2)CCNCC1. The number of halogens is 1. The Morgan fingerprint density at radius 3 is 2.52 bits per heavy atom. The zero-order valence-corrected chi connectivity index (χ0v) is 15.7. The van der Waals surface area contributed by atoms with Gasteiger partial charge in [-0.1, -0.05) is 18.2 Å². The summed E-state index contributed by atoms with van der Waals surface area (Å²) in [4.78, 5) is 13.2. The molecule has 2 aromatic heterocycles. The minimum absolute atomic E-state index is 0. The van der Waals surface area contributed by atoms with Crippen molar-refractivity contribution in [3.05, 3.63) is 66.7 Å². The van der Waals surface area contributed by atoms with E-state index in [0.29, 0.717) is 6.54 Å². The van der Waals surface area contributed by atoms with E-state index in [4.69, 9.17) is 0 Å². The van der Waals surface area contributed by atoms with E-state index in [1.54, 1.807) is 12.4 Å². The first kappa shape index (κ1) is 19.1. The van der Waals surface area contributed by atoms with Crippen molar-refractivity contribution in [2.45, 2.75) is 24.9 Å². The molecule has 0 bridgehead atoms. The van der Waals surface area contributed by atoms with Gasteiger partial charge in [-0.15, -0.1) is 12.4 Å². The monoisotopic (exact) mass is 386 g/mol. The molecule has 1 amide bonds. The number of nitrogens with one attached hydrogen (secondary N) is 2. The van der Waals surface area contributed by atoms with Gasteiger partial charge in [0.2, 0.25) is 5.91 Å². The van der Waals surface area contributed by atoms with Gasteiger partial charge >= 0.3 is 0 Å². The van der Waals surface area contributed by atoms with E-state index in [0.717, 1.165) is 37.2 Å². The van der Waals surface area contributed by atoms with Gasteiger partial charge in [0.15, 0.2) is 0 Å². The molecule has 3 heterocycles. The lowest BCUT2D eigenvalue weighted by molar-refractivity contribution is -0.132. The third-order valence-corrected chi connectivity index (χ3v) is 4.98. The largest absolute Gasteiger partial charge is 0.350 e. The summed E-state index contributed by atoms with van der Waals surface area (Å²) in [6, 6.07) is 11.7. The zero-order chi connectivity index (χ0) is 17.8. The molecule has 0 unspecified atom stereocenters. The highest BCUT2D eigenvalue weighted by atomic mass is 35.5. The smallest absolute Gasteiger partial charge is 0.248 e. The molecule has 1 aromatic carbocycles. The Morgan fingerprint density at radius 2 is 1.81 bits per heavy atom. The molecule has 0 saturated carbocycles. The number of carbonyl (C=O) groups is 1. The van der Waals surface area contributed by atoms with Crippen LogP contribution >= 0.6 is 12.4 Å². The zero-order valence-electron chi connectivity index (χ0n) is 14.9. The molecule has 1 fully saturated rings. The minimum Gasteiger partial charge on any atom is -0.350 e. The molecule has 0 aliphatic carbocycles. The quantitative estimate of drug-likeness (QED) is 0.702. The molecular weight excluding hydrogens is 364 g/mol. The summed E-state index contributed by atoms with van der Waals surface area (Å²) in [5, 5.41) is 15.1. The van der Waals surface area contributed by atoms with Crippen LogP contribution in [0.4, 0.5) is 0 Å². The van der Waals surface area contributed by atoms with Crippen LogP contribution in [0.2, 0.25) is 0 Å². The van der Waals surface area contributed by atoms with E-state index >= 15 is 0 Å². The molecule has 1 saturated heterocycles. The third-order valence-electron chi connectivity index (χ3n) is 4.98. The third kappa shape index (κ3) is 3.74. The van der Waals surface area contributed by atoms with Crippen molar-refractivity contribution in [2.75, 3.05) is 13.1 Å². The fourth-order valence-electron chi connectivity index (χ4n) is 3.56. The minimum atomic E-state index is -0.630. The lowest BCUT2D eigenvalue weighted by Crippen LogP contribution is -2.54. The summed E-state index contributed by atoms with van der Waals surface area (Å²) in [7, 11) is 0. The van der Waals surface area contributed by atoms with E-state index < -0.39 is 5.54 Å². The molecule has 4 rings (SSSR count). The number of rotatable bonds is 5. The Labute approximate surface area is 164 Å². The number of carbonyl (C=O) groups excluding carboxylic acids is 1. The van der Waals surface area contributed by atoms with Crippen LogP contribution in [0.25, 0.3) is 5.69 Å². The van der Waals surface area contributed by atoms with Gasteiger partial charge in [-0.2, -0.15) is 10.2 Å². The number of hydrogen-bond donors (Lipinski definition) is 2. The highest BCUT2D eigenvalue weighted by molar-refractivity contribution is 5.85. The van der Waals surface area contributed by atoms with Gasteiger partial charge < -0.3 is 10.6 Å². The number of amides is 1. The highest BCUT2D eigenvalue weighted by Gasteiger charge is 2.41. The van der Waals surface area contributed by atoms with Gasteiger partial charge in [-0.3, -0.25) is 9.48 Å². The van der Waals surface area contributed by atoms with Crippen LogP contribution < -0.4 is 10.6 Å². The van der Waals surface area contributed by atoms with Crippen LogP contribution in [0.3, 0.4) is 0 Å². The van der Waals surface area contributed by atoms with Crippen LogP contribution in [-0.4, -0.2) is 38.6 Å². The lowest BCUT2D eigenvalue weighted by Gasteiger charge is -2.36. The van der Waals surface area contributed by atoms with E-state index in [9.17, 15) is 4.79 Å². The topological polar surface area (TPSA) is 76.8 Å². The first-order valence-corrected chi connectivity index (χ1v) is 8.87. The first-order chi connectivity index (χ1) is 12.8. The van der Waals surface area contributed by atoms with Crippen molar-refractivity contribution in [2.24, 2.45) is 0 Å². The standard InChI is InChI=1S/C19H22N6O.ClH/c26-18(19(7-11-20-12-8-19)25-14-4-10-23-25)21-15-16-5-1-2-6-17(16)24-13-3-9-22-24;/h1-6,9-10,13-14,20H,7-8,11-12,15H2,(H,21,26);1H. The molecule has 0 atom stereocenters. The molecule has 0 radical (unpaired) electrons. The summed E-state index contributed by atoms with van der Waals surface area (Å²) in [5.74, 6) is 0.0120. The van der Waals surface area contributed by atoms with Crippen molar-refractivity contribution >= 4 is 18.3 Å². The van der Waals surface area contributed by atoms with Crippen LogP contribution in [0.15, 0.2) is 61.2 Å². The number of piperidine rings is 1. The van der Waals surface area contributed by atoms with E-state index in [1.807, 2.05) is 58.2 Å². The summed E-state index contributed by atoms with van der Waals surface area (Å²) in [6.07, 6.45) is 8.70. The summed E-state index contributed by atoms with van der Waals surface area (Å²) in [6.45, 7) is 2.06. The van der Waals surface area contributed by atoms with Gasteiger partial charge in [-0.05, 0) is 49.7 Å². The van der Waals surface area contributed by atoms with Crippen molar-refractivity contribution in [1.82, 2.24) is 30.2 Å². The van der Waals surface area contributed by atoms with Crippen molar-refractivity contribution < 1.29 is 4.79 Å². The van der Waals surface area contributed by atoms with Crippen molar-refractivity contribution in [3.63, 3.8) is 0 Å². The number of benzene rings is 1. The second-order valence-electron chi connectivity index (χ2n) is 6.49. The Morgan fingerprint density at radius 1 is 1.07 bits per heavy atom. The summed E-state index contributed by atoms with van der Waals surface area (Å²) < 4.78 is 3.62.